The number of methoxy groups -OCH3 is 1. The highest BCUT2D eigenvalue weighted by atomic mass is 16.5. The van der Waals surface area contributed by atoms with E-state index in [4.69, 9.17) is 0 Å². The van der Waals surface area contributed by atoms with Crippen LogP contribution in [-0.4, -0.2) is 36.1 Å². The van der Waals surface area contributed by atoms with Crippen LogP contribution in [0.15, 0.2) is 6.20 Å². The SMILES string of the molecule is CCNc1ncc(C)c(NCC(=O)OC)n1. The van der Waals surface area contributed by atoms with Gasteiger partial charge in [0.2, 0.25) is 5.95 Å². The summed E-state index contributed by atoms with van der Waals surface area (Å²) in [5.74, 6) is 0.847. The first-order valence-electron chi connectivity index (χ1n) is 5.05. The average Bonchev–Trinajstić information content (AvgIpc) is 2.29. The number of ether oxygens (including phenoxy) is 1. The largest absolute Gasteiger partial charge is 0.468 e. The quantitative estimate of drug-likeness (QED) is 0.720. The molecule has 0 radical (unpaired) electrons. The van der Waals surface area contributed by atoms with E-state index in [0.717, 1.165) is 12.1 Å². The Hall–Kier alpha value is -1.85. The molecule has 2 N–H and O–H groups in total. The Morgan fingerprint density at radius 3 is 2.88 bits per heavy atom. The molecule has 0 amide bonds. The molecule has 0 spiro atoms. The lowest BCUT2D eigenvalue weighted by atomic mass is 10.3. The highest BCUT2D eigenvalue weighted by Crippen LogP contribution is 2.11. The van der Waals surface area contributed by atoms with Gasteiger partial charge in [-0.15, -0.1) is 0 Å². The second-order valence-corrected chi connectivity index (χ2v) is 3.19. The second-order valence-electron chi connectivity index (χ2n) is 3.19. The van der Waals surface area contributed by atoms with E-state index in [1.807, 2.05) is 13.8 Å². The van der Waals surface area contributed by atoms with E-state index in [1.54, 1.807) is 6.20 Å². The lowest BCUT2D eigenvalue weighted by Gasteiger charge is -2.09. The number of esters is 1. The van der Waals surface area contributed by atoms with Crippen molar-refractivity contribution in [3.05, 3.63) is 11.8 Å². The molecule has 0 saturated heterocycles. The normalized spacial score (nSPS) is 9.69. The molecule has 0 fully saturated rings. The van der Waals surface area contributed by atoms with Crippen LogP contribution in [0.4, 0.5) is 11.8 Å². The van der Waals surface area contributed by atoms with Gasteiger partial charge in [0.05, 0.1) is 7.11 Å². The molecule has 1 rings (SSSR count). The number of nitrogens with zero attached hydrogens (tertiary/aromatic N) is 2. The van der Waals surface area contributed by atoms with Crippen molar-refractivity contribution < 1.29 is 9.53 Å². The predicted octanol–water partition coefficient (Wildman–Crippen LogP) is 0.802. The Bertz CT molecular complexity index is 368. The zero-order valence-electron chi connectivity index (χ0n) is 9.70. The van der Waals surface area contributed by atoms with Gasteiger partial charge in [0.15, 0.2) is 0 Å². The summed E-state index contributed by atoms with van der Waals surface area (Å²) < 4.78 is 4.53. The first-order valence-corrected chi connectivity index (χ1v) is 5.05. The maximum absolute atomic E-state index is 11.0. The number of carbonyl (C=O) groups is 1. The minimum Gasteiger partial charge on any atom is -0.468 e. The third-order valence-corrected chi connectivity index (χ3v) is 1.93. The van der Waals surface area contributed by atoms with E-state index in [1.165, 1.54) is 7.11 Å². The molecule has 16 heavy (non-hydrogen) atoms. The molecule has 0 aromatic carbocycles. The topological polar surface area (TPSA) is 76.1 Å². The van der Waals surface area contributed by atoms with Gasteiger partial charge in [-0.2, -0.15) is 4.98 Å². The van der Waals surface area contributed by atoms with E-state index in [2.05, 4.69) is 25.3 Å². The Labute approximate surface area is 94.4 Å². The fourth-order valence-electron chi connectivity index (χ4n) is 1.09. The van der Waals surface area contributed by atoms with Crippen LogP contribution in [0.3, 0.4) is 0 Å². The van der Waals surface area contributed by atoms with E-state index in [-0.39, 0.29) is 12.5 Å². The molecule has 6 nitrogen and oxygen atoms in total. The third-order valence-electron chi connectivity index (χ3n) is 1.93. The number of aryl methyl sites for hydroxylation is 1. The van der Waals surface area contributed by atoms with Crippen LogP contribution in [0.5, 0.6) is 0 Å². The minimum absolute atomic E-state index is 0.0971. The van der Waals surface area contributed by atoms with Crippen molar-refractivity contribution in [2.75, 3.05) is 30.8 Å². The number of nitrogens with one attached hydrogen (secondary N) is 2. The molecule has 88 valence electrons. The van der Waals surface area contributed by atoms with Crippen LogP contribution in [0.25, 0.3) is 0 Å². The number of carbonyl (C=O) groups excluding carboxylic acids is 1. The summed E-state index contributed by atoms with van der Waals surface area (Å²) in [5.41, 5.74) is 0.880. The molecular formula is C10H16N4O2. The molecule has 0 bridgehead atoms. The van der Waals surface area contributed by atoms with Crippen LogP contribution in [0, 0.1) is 6.92 Å². The van der Waals surface area contributed by atoms with Crippen molar-refractivity contribution in [1.29, 1.82) is 0 Å². The first-order chi connectivity index (χ1) is 7.67. The average molecular weight is 224 g/mol. The van der Waals surface area contributed by atoms with Crippen molar-refractivity contribution in [2.45, 2.75) is 13.8 Å². The summed E-state index contributed by atoms with van der Waals surface area (Å²) in [5, 5.41) is 5.90. The van der Waals surface area contributed by atoms with Gasteiger partial charge in [-0.3, -0.25) is 4.79 Å². The fourth-order valence-corrected chi connectivity index (χ4v) is 1.09. The molecule has 0 atom stereocenters. The molecule has 0 aliphatic carbocycles. The van der Waals surface area contributed by atoms with Crippen LogP contribution in [-0.2, 0) is 9.53 Å². The van der Waals surface area contributed by atoms with Gasteiger partial charge < -0.3 is 15.4 Å². The van der Waals surface area contributed by atoms with Crippen molar-refractivity contribution in [2.24, 2.45) is 0 Å². The maximum Gasteiger partial charge on any atom is 0.325 e. The summed E-state index contributed by atoms with van der Waals surface area (Å²) in [6.07, 6.45) is 1.70. The summed E-state index contributed by atoms with van der Waals surface area (Å²) in [7, 11) is 1.35. The lowest BCUT2D eigenvalue weighted by Crippen LogP contribution is -2.17. The van der Waals surface area contributed by atoms with Gasteiger partial charge in [0.25, 0.3) is 0 Å². The molecule has 0 aliphatic rings. The van der Waals surface area contributed by atoms with Gasteiger partial charge >= 0.3 is 5.97 Å². The molecule has 0 saturated carbocycles. The Kier molecular flexibility index (Phi) is 4.50. The second kappa shape index (κ2) is 5.89. The molecule has 0 aliphatic heterocycles. The molecule has 1 heterocycles. The zero-order chi connectivity index (χ0) is 12.0. The third kappa shape index (κ3) is 3.38. The number of hydrogen-bond acceptors (Lipinski definition) is 6. The highest BCUT2D eigenvalue weighted by molar-refractivity contribution is 5.74. The van der Waals surface area contributed by atoms with Gasteiger partial charge in [-0.05, 0) is 13.8 Å². The van der Waals surface area contributed by atoms with Crippen molar-refractivity contribution >= 4 is 17.7 Å². The lowest BCUT2D eigenvalue weighted by molar-refractivity contribution is -0.138. The Morgan fingerprint density at radius 1 is 1.50 bits per heavy atom. The number of hydrogen-bond donors (Lipinski definition) is 2. The standard InChI is InChI=1S/C10H16N4O2/c1-4-11-10-13-5-7(2)9(14-10)12-6-8(15)16-3/h5H,4,6H2,1-3H3,(H2,11,12,13,14). The summed E-state index contributed by atoms with van der Waals surface area (Å²) in [6.45, 7) is 4.68. The van der Waals surface area contributed by atoms with Crippen LogP contribution < -0.4 is 10.6 Å². The van der Waals surface area contributed by atoms with E-state index >= 15 is 0 Å². The summed E-state index contributed by atoms with van der Waals surface area (Å²) in [4.78, 5) is 19.3. The summed E-state index contributed by atoms with van der Waals surface area (Å²) in [6, 6.07) is 0. The van der Waals surface area contributed by atoms with Crippen molar-refractivity contribution in [1.82, 2.24) is 9.97 Å². The summed E-state index contributed by atoms with van der Waals surface area (Å²) >= 11 is 0. The number of aromatic nitrogens is 2. The van der Waals surface area contributed by atoms with Crippen LogP contribution >= 0.6 is 0 Å². The van der Waals surface area contributed by atoms with Gasteiger partial charge in [-0.25, -0.2) is 4.98 Å². The number of rotatable bonds is 5. The van der Waals surface area contributed by atoms with E-state index in [0.29, 0.717) is 11.8 Å². The monoisotopic (exact) mass is 224 g/mol. The predicted molar refractivity (Wildman–Crippen MR) is 61.4 cm³/mol. The molecule has 6 heteroatoms. The Balaban J connectivity index is 2.70. The zero-order valence-corrected chi connectivity index (χ0v) is 9.70. The van der Waals surface area contributed by atoms with E-state index in [9.17, 15) is 4.79 Å². The molecular weight excluding hydrogens is 208 g/mol. The van der Waals surface area contributed by atoms with E-state index < -0.39 is 0 Å². The highest BCUT2D eigenvalue weighted by Gasteiger charge is 2.05. The maximum atomic E-state index is 11.0. The van der Waals surface area contributed by atoms with Crippen LogP contribution in [0.1, 0.15) is 12.5 Å². The minimum atomic E-state index is -0.331. The number of anilines is 2. The molecule has 1 aromatic heterocycles. The first kappa shape index (κ1) is 12.2. The van der Waals surface area contributed by atoms with Gasteiger partial charge in [0.1, 0.15) is 12.4 Å². The van der Waals surface area contributed by atoms with Gasteiger partial charge in [0, 0.05) is 18.3 Å². The molecule has 1 aromatic rings. The van der Waals surface area contributed by atoms with Gasteiger partial charge in [-0.1, -0.05) is 0 Å². The van der Waals surface area contributed by atoms with Crippen molar-refractivity contribution in [3.8, 4) is 0 Å². The van der Waals surface area contributed by atoms with Crippen LogP contribution in [0.2, 0.25) is 0 Å². The smallest absolute Gasteiger partial charge is 0.325 e. The Morgan fingerprint density at radius 2 is 2.25 bits per heavy atom. The fraction of sp³-hybridized carbons (Fsp3) is 0.500. The molecule has 0 unspecified atom stereocenters. The van der Waals surface area contributed by atoms with Crippen molar-refractivity contribution in [3.63, 3.8) is 0 Å².